The highest BCUT2D eigenvalue weighted by atomic mass is 16.5. The van der Waals surface area contributed by atoms with E-state index in [2.05, 4.69) is 22.2 Å². The van der Waals surface area contributed by atoms with Crippen LogP contribution >= 0.6 is 0 Å². The first-order chi connectivity index (χ1) is 13.2. The summed E-state index contributed by atoms with van der Waals surface area (Å²) in [5.41, 5.74) is 5.18. The molecule has 0 amide bonds. The van der Waals surface area contributed by atoms with Crippen molar-refractivity contribution in [1.29, 1.82) is 0 Å². The van der Waals surface area contributed by atoms with Crippen molar-refractivity contribution >= 4 is 27.9 Å². The Morgan fingerprint density at radius 3 is 2.63 bits per heavy atom. The summed E-state index contributed by atoms with van der Waals surface area (Å²) in [6.45, 7) is 6.68. The normalized spacial score (nSPS) is 11.0. The van der Waals surface area contributed by atoms with E-state index in [0.29, 0.717) is 18.8 Å². The monoisotopic (exact) mass is 356 g/mol. The van der Waals surface area contributed by atoms with Gasteiger partial charge in [0.25, 0.3) is 0 Å². The summed E-state index contributed by atoms with van der Waals surface area (Å²) in [5.74, 6) is -0.405. The van der Waals surface area contributed by atoms with Gasteiger partial charge in [0.1, 0.15) is 5.69 Å². The fourth-order valence-corrected chi connectivity index (χ4v) is 3.50. The summed E-state index contributed by atoms with van der Waals surface area (Å²) in [7, 11) is 0. The van der Waals surface area contributed by atoms with Gasteiger partial charge in [-0.25, -0.2) is 9.78 Å². The number of ether oxygens (including phenoxy) is 1. The summed E-state index contributed by atoms with van der Waals surface area (Å²) < 4.78 is 7.41. The number of aromatic nitrogens is 2. The zero-order valence-corrected chi connectivity index (χ0v) is 15.2. The summed E-state index contributed by atoms with van der Waals surface area (Å²) in [6.07, 6.45) is 1.87. The van der Waals surface area contributed by atoms with Gasteiger partial charge in [0.2, 0.25) is 0 Å². The minimum Gasteiger partial charge on any atom is -0.461 e. The van der Waals surface area contributed by atoms with Crippen LogP contribution in [0.3, 0.4) is 0 Å². The number of benzene rings is 2. The molecular weight excluding hydrogens is 336 g/mol. The second-order valence-corrected chi connectivity index (χ2v) is 6.26. The van der Waals surface area contributed by atoms with E-state index in [9.17, 15) is 4.79 Å². The number of hydrogen-bond donors (Lipinski definition) is 0. The van der Waals surface area contributed by atoms with Crippen molar-refractivity contribution in [1.82, 2.24) is 9.55 Å². The SMILES string of the molecule is C=CCn1c2ccccc2c2nc(C(=O)OCC)cc(-c3ccccc3)c21. The third kappa shape index (κ3) is 2.89. The minimum absolute atomic E-state index is 0.317. The van der Waals surface area contributed by atoms with E-state index in [0.717, 1.165) is 33.1 Å². The summed E-state index contributed by atoms with van der Waals surface area (Å²) >= 11 is 0. The number of hydrogen-bond acceptors (Lipinski definition) is 3. The number of fused-ring (bicyclic) bond motifs is 3. The van der Waals surface area contributed by atoms with Gasteiger partial charge in [-0.2, -0.15) is 0 Å². The van der Waals surface area contributed by atoms with Crippen LogP contribution in [0, 0.1) is 0 Å². The first-order valence-corrected chi connectivity index (χ1v) is 9.00. The fourth-order valence-electron chi connectivity index (χ4n) is 3.50. The standard InChI is InChI=1S/C23H20N2O2/c1-3-14-25-20-13-9-8-12-17(20)21-22(25)18(16-10-6-5-7-11-16)15-19(24-21)23(26)27-4-2/h3,5-13,15H,1,4,14H2,2H3. The molecule has 27 heavy (non-hydrogen) atoms. The predicted molar refractivity (Wildman–Crippen MR) is 109 cm³/mol. The van der Waals surface area contributed by atoms with Crippen molar-refractivity contribution in [3.8, 4) is 11.1 Å². The maximum Gasteiger partial charge on any atom is 0.356 e. The Morgan fingerprint density at radius 1 is 1.15 bits per heavy atom. The van der Waals surface area contributed by atoms with Gasteiger partial charge in [0.05, 0.1) is 23.2 Å². The highest BCUT2D eigenvalue weighted by Gasteiger charge is 2.20. The molecule has 0 fully saturated rings. The quantitative estimate of drug-likeness (QED) is 0.364. The number of nitrogens with zero attached hydrogens (tertiary/aromatic N) is 2. The van der Waals surface area contributed by atoms with Crippen LogP contribution in [0.5, 0.6) is 0 Å². The fraction of sp³-hybridized carbons (Fsp3) is 0.130. The maximum atomic E-state index is 12.4. The zero-order valence-electron chi connectivity index (χ0n) is 15.2. The van der Waals surface area contributed by atoms with Gasteiger partial charge in [0.15, 0.2) is 0 Å². The number of esters is 1. The number of rotatable bonds is 5. The summed E-state index contributed by atoms with van der Waals surface area (Å²) in [5, 5.41) is 1.01. The molecule has 2 aromatic carbocycles. The van der Waals surface area contributed by atoms with Crippen LogP contribution in [0.15, 0.2) is 73.3 Å². The van der Waals surface area contributed by atoms with E-state index in [1.165, 1.54) is 0 Å². The molecule has 0 unspecified atom stereocenters. The molecule has 0 saturated carbocycles. The van der Waals surface area contributed by atoms with Gasteiger partial charge in [-0.05, 0) is 24.6 Å². The molecule has 0 radical (unpaired) electrons. The topological polar surface area (TPSA) is 44.1 Å². The molecule has 0 saturated heterocycles. The van der Waals surface area contributed by atoms with Gasteiger partial charge in [-0.15, -0.1) is 6.58 Å². The van der Waals surface area contributed by atoms with Crippen LogP contribution in [-0.2, 0) is 11.3 Å². The van der Waals surface area contributed by atoms with Crippen LogP contribution in [0.1, 0.15) is 17.4 Å². The lowest BCUT2D eigenvalue weighted by Gasteiger charge is -2.11. The second kappa shape index (κ2) is 7.08. The summed E-state index contributed by atoms with van der Waals surface area (Å²) in [4.78, 5) is 17.1. The third-order valence-corrected chi connectivity index (χ3v) is 4.59. The molecule has 4 rings (SSSR count). The Morgan fingerprint density at radius 2 is 1.89 bits per heavy atom. The van der Waals surface area contributed by atoms with Gasteiger partial charge >= 0.3 is 5.97 Å². The number of pyridine rings is 1. The average Bonchev–Trinajstić information content (AvgIpc) is 3.03. The number of carbonyl (C=O) groups is 1. The molecule has 4 nitrogen and oxygen atoms in total. The van der Waals surface area contributed by atoms with E-state index in [1.54, 1.807) is 6.92 Å². The van der Waals surface area contributed by atoms with Crippen LogP contribution in [0.25, 0.3) is 33.1 Å². The Hall–Kier alpha value is -3.40. The van der Waals surface area contributed by atoms with Gasteiger partial charge < -0.3 is 9.30 Å². The second-order valence-electron chi connectivity index (χ2n) is 6.26. The molecule has 0 aliphatic rings. The highest BCUT2D eigenvalue weighted by Crippen LogP contribution is 2.35. The van der Waals surface area contributed by atoms with Crippen molar-refractivity contribution in [3.63, 3.8) is 0 Å². The van der Waals surface area contributed by atoms with Gasteiger partial charge in [-0.1, -0.05) is 54.6 Å². The third-order valence-electron chi connectivity index (χ3n) is 4.59. The van der Waals surface area contributed by atoms with Gasteiger partial charge in [0, 0.05) is 17.5 Å². The van der Waals surface area contributed by atoms with Crippen molar-refractivity contribution in [2.75, 3.05) is 6.61 Å². The molecule has 2 heterocycles. The Labute approximate surface area is 157 Å². The summed E-state index contributed by atoms with van der Waals surface area (Å²) in [6, 6.07) is 20.0. The Balaban J connectivity index is 2.14. The predicted octanol–water partition coefficient (Wildman–Crippen LogP) is 5.22. The van der Waals surface area contributed by atoms with Crippen molar-refractivity contribution in [3.05, 3.63) is 79.0 Å². The molecule has 0 N–H and O–H groups in total. The highest BCUT2D eigenvalue weighted by molar-refractivity contribution is 6.12. The Bertz CT molecular complexity index is 1140. The van der Waals surface area contributed by atoms with E-state index in [-0.39, 0.29) is 0 Å². The molecule has 4 heteroatoms. The van der Waals surface area contributed by atoms with Crippen LogP contribution in [0.2, 0.25) is 0 Å². The van der Waals surface area contributed by atoms with E-state index in [1.807, 2.05) is 60.7 Å². The van der Waals surface area contributed by atoms with E-state index in [4.69, 9.17) is 4.74 Å². The lowest BCUT2D eigenvalue weighted by Crippen LogP contribution is -2.08. The van der Waals surface area contributed by atoms with Crippen LogP contribution < -0.4 is 0 Å². The Kier molecular flexibility index (Phi) is 4.47. The number of carbonyl (C=O) groups excluding carboxylic acids is 1. The zero-order chi connectivity index (χ0) is 18.8. The van der Waals surface area contributed by atoms with Crippen LogP contribution in [0.4, 0.5) is 0 Å². The largest absolute Gasteiger partial charge is 0.461 e. The first kappa shape index (κ1) is 17.0. The van der Waals surface area contributed by atoms with E-state index < -0.39 is 5.97 Å². The van der Waals surface area contributed by atoms with Gasteiger partial charge in [-0.3, -0.25) is 0 Å². The number of allylic oxidation sites excluding steroid dienone is 1. The molecule has 2 aromatic heterocycles. The minimum atomic E-state index is -0.405. The molecule has 0 aliphatic heterocycles. The molecule has 134 valence electrons. The lowest BCUT2D eigenvalue weighted by molar-refractivity contribution is 0.0520. The number of para-hydroxylation sites is 1. The first-order valence-electron chi connectivity index (χ1n) is 9.00. The van der Waals surface area contributed by atoms with Crippen molar-refractivity contribution < 1.29 is 9.53 Å². The smallest absolute Gasteiger partial charge is 0.356 e. The molecule has 0 atom stereocenters. The van der Waals surface area contributed by atoms with Crippen molar-refractivity contribution in [2.24, 2.45) is 0 Å². The average molecular weight is 356 g/mol. The molecule has 4 aromatic rings. The van der Waals surface area contributed by atoms with E-state index >= 15 is 0 Å². The van der Waals surface area contributed by atoms with Crippen LogP contribution in [-0.4, -0.2) is 22.1 Å². The molecule has 0 bridgehead atoms. The molecular formula is C23H20N2O2. The maximum absolute atomic E-state index is 12.4. The molecule has 0 spiro atoms. The van der Waals surface area contributed by atoms with Crippen molar-refractivity contribution in [2.45, 2.75) is 13.5 Å². The molecule has 0 aliphatic carbocycles. The lowest BCUT2D eigenvalue weighted by atomic mass is 10.0.